The van der Waals surface area contributed by atoms with Gasteiger partial charge in [-0.2, -0.15) is 0 Å². The summed E-state index contributed by atoms with van der Waals surface area (Å²) in [5.74, 6) is -0.0656. The van der Waals surface area contributed by atoms with Crippen molar-refractivity contribution in [1.29, 1.82) is 0 Å². The molecule has 0 unspecified atom stereocenters. The summed E-state index contributed by atoms with van der Waals surface area (Å²) in [6, 6.07) is 7.74. The molecule has 1 aromatic heterocycles. The smallest absolute Gasteiger partial charge is 0.240 e. The minimum absolute atomic E-state index is 0.0173. The zero-order valence-electron chi connectivity index (χ0n) is 11.4. The molecule has 1 aliphatic carbocycles. The summed E-state index contributed by atoms with van der Waals surface area (Å²) in [7, 11) is 0. The zero-order chi connectivity index (χ0) is 14.0. The van der Waals surface area contributed by atoms with Crippen molar-refractivity contribution in [3.8, 4) is 0 Å². The van der Waals surface area contributed by atoms with Gasteiger partial charge in [0.1, 0.15) is 6.54 Å². The zero-order valence-corrected chi connectivity index (χ0v) is 11.4. The Balaban J connectivity index is 1.73. The number of hydrogen-bond acceptors (Lipinski definition) is 3. The number of carbonyl (C=O) groups is 1. The van der Waals surface area contributed by atoms with E-state index in [-0.39, 0.29) is 19.1 Å². The van der Waals surface area contributed by atoms with Gasteiger partial charge in [0.05, 0.1) is 29.5 Å². The minimum atomic E-state index is -0.409. The van der Waals surface area contributed by atoms with Crippen molar-refractivity contribution in [2.75, 3.05) is 6.61 Å². The number of fused-ring (bicyclic) bond motifs is 1. The van der Waals surface area contributed by atoms with Crippen molar-refractivity contribution < 1.29 is 9.90 Å². The molecular formula is C15H19N3O2. The molecule has 1 saturated carbocycles. The second-order valence-electron chi connectivity index (χ2n) is 5.55. The normalized spacial score (nSPS) is 17.4. The number of aromatic nitrogens is 2. The first-order valence-corrected chi connectivity index (χ1v) is 7.04. The van der Waals surface area contributed by atoms with Crippen LogP contribution in [0.15, 0.2) is 30.6 Å². The van der Waals surface area contributed by atoms with Crippen molar-refractivity contribution in [3.05, 3.63) is 30.6 Å². The third-order valence-electron chi connectivity index (χ3n) is 4.11. The van der Waals surface area contributed by atoms with Crippen molar-refractivity contribution in [1.82, 2.24) is 14.9 Å². The minimum Gasteiger partial charge on any atom is -0.394 e. The summed E-state index contributed by atoms with van der Waals surface area (Å²) in [6.45, 7) is 0.256. The fourth-order valence-corrected chi connectivity index (χ4v) is 3.00. The van der Waals surface area contributed by atoms with Crippen molar-refractivity contribution in [2.24, 2.45) is 0 Å². The van der Waals surface area contributed by atoms with E-state index in [1.165, 1.54) is 0 Å². The Morgan fingerprint density at radius 3 is 2.85 bits per heavy atom. The maximum absolute atomic E-state index is 12.2. The molecule has 1 heterocycles. The summed E-state index contributed by atoms with van der Waals surface area (Å²) < 4.78 is 1.84. The van der Waals surface area contributed by atoms with Gasteiger partial charge in [-0.05, 0) is 25.0 Å². The highest BCUT2D eigenvalue weighted by Crippen LogP contribution is 2.29. The average Bonchev–Trinajstić information content (AvgIpc) is 3.07. The number of nitrogens with one attached hydrogen (secondary N) is 1. The van der Waals surface area contributed by atoms with Gasteiger partial charge in [0.25, 0.3) is 0 Å². The monoisotopic (exact) mass is 273 g/mol. The Bertz CT molecular complexity index is 614. The summed E-state index contributed by atoms with van der Waals surface area (Å²) in [4.78, 5) is 16.5. The van der Waals surface area contributed by atoms with Crippen molar-refractivity contribution >= 4 is 16.9 Å². The van der Waals surface area contributed by atoms with E-state index in [0.29, 0.717) is 0 Å². The average molecular weight is 273 g/mol. The topological polar surface area (TPSA) is 67.2 Å². The molecule has 0 spiro atoms. The molecule has 20 heavy (non-hydrogen) atoms. The van der Waals surface area contributed by atoms with E-state index in [1.54, 1.807) is 6.33 Å². The molecule has 1 amide bonds. The number of imidazole rings is 1. The lowest BCUT2D eigenvalue weighted by Crippen LogP contribution is -2.50. The third-order valence-corrected chi connectivity index (χ3v) is 4.11. The molecule has 1 aromatic carbocycles. The molecule has 5 heteroatoms. The molecule has 2 N–H and O–H groups in total. The van der Waals surface area contributed by atoms with E-state index >= 15 is 0 Å². The quantitative estimate of drug-likeness (QED) is 0.886. The predicted octanol–water partition coefficient (Wildman–Crippen LogP) is 1.46. The van der Waals surface area contributed by atoms with Gasteiger partial charge in [0, 0.05) is 0 Å². The van der Waals surface area contributed by atoms with Crippen LogP contribution in [0.3, 0.4) is 0 Å². The number of carbonyl (C=O) groups excluding carboxylic acids is 1. The van der Waals surface area contributed by atoms with Crippen molar-refractivity contribution in [3.63, 3.8) is 0 Å². The molecule has 1 aliphatic rings. The van der Waals surface area contributed by atoms with E-state index in [2.05, 4.69) is 10.3 Å². The number of benzene rings is 1. The highest BCUT2D eigenvalue weighted by molar-refractivity contribution is 5.81. The van der Waals surface area contributed by atoms with Crippen LogP contribution in [0.25, 0.3) is 11.0 Å². The number of nitrogens with zero attached hydrogens (tertiary/aromatic N) is 2. The second-order valence-corrected chi connectivity index (χ2v) is 5.55. The molecule has 0 atom stereocenters. The number of amides is 1. The Hall–Kier alpha value is -1.88. The van der Waals surface area contributed by atoms with Gasteiger partial charge in [-0.25, -0.2) is 4.98 Å². The predicted molar refractivity (Wildman–Crippen MR) is 76.2 cm³/mol. The first kappa shape index (κ1) is 13.1. The van der Waals surface area contributed by atoms with Crippen LogP contribution in [0.4, 0.5) is 0 Å². The van der Waals surface area contributed by atoms with Gasteiger partial charge < -0.3 is 15.0 Å². The SMILES string of the molecule is O=C(Cn1cnc2ccccc21)NC1(CO)CCCC1. The Morgan fingerprint density at radius 1 is 1.35 bits per heavy atom. The lowest BCUT2D eigenvalue weighted by atomic mass is 9.99. The molecular weight excluding hydrogens is 254 g/mol. The molecule has 0 aliphatic heterocycles. The van der Waals surface area contributed by atoms with Crippen LogP contribution in [0.1, 0.15) is 25.7 Å². The van der Waals surface area contributed by atoms with Gasteiger partial charge in [0.15, 0.2) is 0 Å². The number of aliphatic hydroxyl groups excluding tert-OH is 1. The molecule has 0 radical (unpaired) electrons. The van der Waals surface area contributed by atoms with Gasteiger partial charge in [-0.1, -0.05) is 25.0 Å². The van der Waals surface area contributed by atoms with Crippen LogP contribution < -0.4 is 5.32 Å². The van der Waals surface area contributed by atoms with E-state index in [0.717, 1.165) is 36.7 Å². The second kappa shape index (κ2) is 5.25. The van der Waals surface area contributed by atoms with Crippen molar-refractivity contribution in [2.45, 2.75) is 37.8 Å². The molecule has 106 valence electrons. The van der Waals surface area contributed by atoms with E-state index in [9.17, 15) is 9.90 Å². The van der Waals surface area contributed by atoms with Crippen LogP contribution in [-0.4, -0.2) is 32.7 Å². The fraction of sp³-hybridized carbons (Fsp3) is 0.467. The molecule has 2 aromatic rings. The first-order valence-electron chi connectivity index (χ1n) is 7.04. The Morgan fingerprint density at radius 2 is 2.10 bits per heavy atom. The van der Waals surface area contributed by atoms with Crippen LogP contribution in [0.5, 0.6) is 0 Å². The summed E-state index contributed by atoms with van der Waals surface area (Å²) >= 11 is 0. The standard InChI is InChI=1S/C15H19N3O2/c19-10-15(7-3-4-8-15)17-14(20)9-18-11-16-12-5-1-2-6-13(12)18/h1-2,5-6,11,19H,3-4,7-10H2,(H,17,20). The van der Waals surface area contributed by atoms with Gasteiger partial charge in [0.2, 0.25) is 5.91 Å². The Labute approximate surface area is 117 Å². The number of hydrogen-bond donors (Lipinski definition) is 2. The summed E-state index contributed by atoms with van der Waals surface area (Å²) in [5.41, 5.74) is 1.43. The maximum atomic E-state index is 12.2. The van der Waals surface area contributed by atoms with Gasteiger partial charge in [-0.3, -0.25) is 4.79 Å². The number of aliphatic hydroxyl groups is 1. The molecule has 3 rings (SSSR count). The van der Waals surface area contributed by atoms with Crippen LogP contribution in [-0.2, 0) is 11.3 Å². The van der Waals surface area contributed by atoms with Crippen LogP contribution in [0, 0.1) is 0 Å². The van der Waals surface area contributed by atoms with Crippen LogP contribution in [0.2, 0.25) is 0 Å². The van der Waals surface area contributed by atoms with Gasteiger partial charge >= 0.3 is 0 Å². The fourth-order valence-electron chi connectivity index (χ4n) is 3.00. The third kappa shape index (κ3) is 2.41. The maximum Gasteiger partial charge on any atom is 0.240 e. The van der Waals surface area contributed by atoms with E-state index in [4.69, 9.17) is 0 Å². The number of rotatable bonds is 4. The first-order chi connectivity index (χ1) is 9.72. The lowest BCUT2D eigenvalue weighted by molar-refractivity contribution is -0.124. The van der Waals surface area contributed by atoms with Gasteiger partial charge in [-0.15, -0.1) is 0 Å². The molecule has 1 fully saturated rings. The Kier molecular flexibility index (Phi) is 3.44. The number of para-hydroxylation sites is 2. The highest BCUT2D eigenvalue weighted by atomic mass is 16.3. The lowest BCUT2D eigenvalue weighted by Gasteiger charge is -2.28. The largest absolute Gasteiger partial charge is 0.394 e. The highest BCUT2D eigenvalue weighted by Gasteiger charge is 2.34. The molecule has 0 saturated heterocycles. The van der Waals surface area contributed by atoms with Crippen LogP contribution >= 0.6 is 0 Å². The van der Waals surface area contributed by atoms with E-state index < -0.39 is 5.54 Å². The summed E-state index contributed by atoms with van der Waals surface area (Å²) in [6.07, 6.45) is 5.54. The summed E-state index contributed by atoms with van der Waals surface area (Å²) in [5, 5.41) is 12.5. The molecule has 0 bridgehead atoms. The molecule has 5 nitrogen and oxygen atoms in total. The van der Waals surface area contributed by atoms with E-state index in [1.807, 2.05) is 28.8 Å².